The van der Waals surface area contributed by atoms with Gasteiger partial charge in [0.2, 0.25) is 0 Å². The van der Waals surface area contributed by atoms with Gasteiger partial charge in [-0.2, -0.15) is 13.2 Å². The highest BCUT2D eigenvalue weighted by Crippen LogP contribution is 2.22. The number of ether oxygens (including phenoxy) is 1. The Kier molecular flexibility index (Phi) is 6.73. The Morgan fingerprint density at radius 2 is 2.04 bits per heavy atom. The Morgan fingerprint density at radius 3 is 2.65 bits per heavy atom. The van der Waals surface area contributed by atoms with Gasteiger partial charge in [0.1, 0.15) is 0 Å². The summed E-state index contributed by atoms with van der Waals surface area (Å²) in [7, 11) is 0. The van der Waals surface area contributed by atoms with Crippen molar-refractivity contribution in [2.24, 2.45) is 5.92 Å². The van der Waals surface area contributed by atoms with E-state index in [1.54, 1.807) is 6.07 Å². The highest BCUT2D eigenvalue weighted by Gasteiger charge is 2.32. The zero-order chi connectivity index (χ0) is 19.2. The molecule has 1 heterocycles. The largest absolute Gasteiger partial charge is 0.462 e. The van der Waals surface area contributed by atoms with E-state index in [9.17, 15) is 28.1 Å². The van der Waals surface area contributed by atoms with Crippen LogP contribution in [0.1, 0.15) is 18.4 Å². The third kappa shape index (κ3) is 6.83. The summed E-state index contributed by atoms with van der Waals surface area (Å²) in [6.07, 6.45) is -0.522. The fourth-order valence-corrected chi connectivity index (χ4v) is 2.72. The minimum absolute atomic E-state index is 0.0367. The number of carbonyl (C=O) groups is 1. The summed E-state index contributed by atoms with van der Waals surface area (Å²) in [6.45, 7) is -0.111. The van der Waals surface area contributed by atoms with Crippen LogP contribution < -0.4 is 0 Å². The first kappa shape index (κ1) is 19.9. The average Bonchev–Trinajstić information content (AvgIpc) is 2.58. The third-order valence-corrected chi connectivity index (χ3v) is 4.06. The molecule has 0 aliphatic carbocycles. The first-order chi connectivity index (χ1) is 12.2. The summed E-state index contributed by atoms with van der Waals surface area (Å²) in [6, 6.07) is 5.81. The lowest BCUT2D eigenvalue weighted by atomic mass is 9.98. The van der Waals surface area contributed by atoms with Crippen molar-refractivity contribution in [2.75, 3.05) is 26.2 Å². The summed E-state index contributed by atoms with van der Waals surface area (Å²) in [5, 5.41) is 10.7. The van der Waals surface area contributed by atoms with Gasteiger partial charge in [-0.15, -0.1) is 0 Å². The lowest BCUT2D eigenvalue weighted by Gasteiger charge is -2.31. The number of nitrogens with zero attached hydrogens (tertiary/aromatic N) is 2. The van der Waals surface area contributed by atoms with E-state index in [4.69, 9.17) is 4.74 Å². The van der Waals surface area contributed by atoms with Crippen LogP contribution in [0.5, 0.6) is 0 Å². The van der Waals surface area contributed by atoms with E-state index in [0.29, 0.717) is 31.5 Å². The van der Waals surface area contributed by atoms with Gasteiger partial charge in [-0.3, -0.25) is 15.0 Å². The molecule has 1 aliphatic rings. The molecule has 1 saturated heterocycles. The maximum absolute atomic E-state index is 12.3. The van der Waals surface area contributed by atoms with Crippen molar-refractivity contribution in [3.05, 3.63) is 46.0 Å². The van der Waals surface area contributed by atoms with E-state index in [0.717, 1.165) is 0 Å². The molecule has 0 unspecified atom stereocenters. The summed E-state index contributed by atoms with van der Waals surface area (Å²) < 4.78 is 42.1. The third-order valence-electron chi connectivity index (χ3n) is 4.06. The van der Waals surface area contributed by atoms with Crippen molar-refractivity contribution in [3.8, 4) is 0 Å². The van der Waals surface area contributed by atoms with E-state index >= 15 is 0 Å². The van der Waals surface area contributed by atoms with Crippen molar-refractivity contribution in [3.63, 3.8) is 0 Å². The van der Waals surface area contributed by atoms with Gasteiger partial charge in [-0.05, 0) is 43.5 Å². The van der Waals surface area contributed by atoms with Gasteiger partial charge in [0.25, 0.3) is 5.69 Å². The van der Waals surface area contributed by atoms with Crippen LogP contribution in [0.4, 0.5) is 18.9 Å². The van der Waals surface area contributed by atoms with E-state index in [-0.39, 0.29) is 18.2 Å². The molecule has 0 N–H and O–H groups in total. The molecule has 142 valence electrons. The van der Waals surface area contributed by atoms with Crippen LogP contribution in [0, 0.1) is 16.0 Å². The number of hydrogen-bond acceptors (Lipinski definition) is 5. The molecule has 1 aromatic carbocycles. The standard InChI is InChI=1S/C17H19F3N2O4/c18-17(19,20)12-21-8-6-14(7-9-21)11-26-16(23)5-4-13-2-1-3-15(10-13)22(24)25/h1-5,10,14H,6-9,11-12H2. The molecule has 26 heavy (non-hydrogen) atoms. The Bertz CT molecular complexity index is 668. The molecular formula is C17H19F3N2O4. The predicted molar refractivity (Wildman–Crippen MR) is 88.3 cm³/mol. The Labute approximate surface area is 148 Å². The fraction of sp³-hybridized carbons (Fsp3) is 0.471. The Balaban J connectivity index is 1.74. The monoisotopic (exact) mass is 372 g/mol. The second-order valence-electron chi connectivity index (χ2n) is 6.15. The summed E-state index contributed by atoms with van der Waals surface area (Å²) in [5.74, 6) is -0.552. The first-order valence-electron chi connectivity index (χ1n) is 8.11. The molecule has 0 radical (unpaired) electrons. The summed E-state index contributed by atoms with van der Waals surface area (Å²) in [4.78, 5) is 23.2. The van der Waals surface area contributed by atoms with Crippen LogP contribution in [0.3, 0.4) is 0 Å². The Hall–Kier alpha value is -2.42. The fourth-order valence-electron chi connectivity index (χ4n) is 2.72. The van der Waals surface area contributed by atoms with Gasteiger partial charge in [-0.25, -0.2) is 4.79 Å². The number of nitro benzene ring substituents is 1. The second kappa shape index (κ2) is 8.79. The van der Waals surface area contributed by atoms with Crippen molar-refractivity contribution in [2.45, 2.75) is 19.0 Å². The molecule has 0 spiro atoms. The smallest absolute Gasteiger partial charge is 0.401 e. The molecule has 9 heteroatoms. The molecule has 1 aliphatic heterocycles. The lowest BCUT2D eigenvalue weighted by molar-refractivity contribution is -0.384. The molecule has 0 bridgehead atoms. The normalized spacial score (nSPS) is 16.7. The van der Waals surface area contributed by atoms with E-state index in [1.807, 2.05) is 0 Å². The predicted octanol–water partition coefficient (Wildman–Crippen LogP) is 3.43. The Morgan fingerprint density at radius 1 is 1.35 bits per heavy atom. The number of carbonyl (C=O) groups excluding carboxylic acids is 1. The molecule has 2 rings (SSSR count). The average molecular weight is 372 g/mol. The number of esters is 1. The van der Waals surface area contributed by atoms with Gasteiger partial charge in [0.05, 0.1) is 18.1 Å². The number of benzene rings is 1. The molecule has 0 aromatic heterocycles. The molecule has 1 fully saturated rings. The maximum Gasteiger partial charge on any atom is 0.401 e. The van der Waals surface area contributed by atoms with Gasteiger partial charge in [0.15, 0.2) is 0 Å². The van der Waals surface area contributed by atoms with Gasteiger partial charge in [0, 0.05) is 18.2 Å². The van der Waals surface area contributed by atoms with Crippen molar-refractivity contribution in [1.29, 1.82) is 0 Å². The van der Waals surface area contributed by atoms with E-state index in [2.05, 4.69) is 0 Å². The summed E-state index contributed by atoms with van der Waals surface area (Å²) in [5.41, 5.74) is 0.419. The van der Waals surface area contributed by atoms with E-state index < -0.39 is 23.6 Å². The molecule has 0 saturated carbocycles. The van der Waals surface area contributed by atoms with Gasteiger partial charge < -0.3 is 4.74 Å². The minimum atomic E-state index is -4.20. The highest BCUT2D eigenvalue weighted by atomic mass is 19.4. The molecule has 0 atom stereocenters. The number of non-ortho nitro benzene ring substituents is 1. The van der Waals surface area contributed by atoms with E-state index in [1.165, 1.54) is 35.3 Å². The quantitative estimate of drug-likeness (QED) is 0.331. The first-order valence-corrected chi connectivity index (χ1v) is 8.11. The molecular weight excluding hydrogens is 353 g/mol. The number of halogens is 3. The number of likely N-dealkylation sites (tertiary alicyclic amines) is 1. The second-order valence-corrected chi connectivity index (χ2v) is 6.15. The zero-order valence-electron chi connectivity index (χ0n) is 13.9. The zero-order valence-corrected chi connectivity index (χ0v) is 13.9. The molecule has 6 nitrogen and oxygen atoms in total. The van der Waals surface area contributed by atoms with Crippen LogP contribution in [0.2, 0.25) is 0 Å². The van der Waals surface area contributed by atoms with Crippen molar-refractivity contribution >= 4 is 17.7 Å². The summed E-state index contributed by atoms with van der Waals surface area (Å²) >= 11 is 0. The highest BCUT2D eigenvalue weighted by molar-refractivity contribution is 5.87. The van der Waals surface area contributed by atoms with Gasteiger partial charge in [-0.1, -0.05) is 12.1 Å². The number of rotatable bonds is 6. The number of hydrogen-bond donors (Lipinski definition) is 0. The number of alkyl halides is 3. The van der Waals surface area contributed by atoms with Crippen LogP contribution in [-0.2, 0) is 9.53 Å². The van der Waals surface area contributed by atoms with Crippen molar-refractivity contribution < 1.29 is 27.6 Å². The molecule has 0 amide bonds. The van der Waals surface area contributed by atoms with Crippen LogP contribution >= 0.6 is 0 Å². The maximum atomic E-state index is 12.3. The van der Waals surface area contributed by atoms with Gasteiger partial charge >= 0.3 is 12.1 Å². The number of nitro groups is 1. The van der Waals surface area contributed by atoms with Crippen LogP contribution in [0.15, 0.2) is 30.3 Å². The van der Waals surface area contributed by atoms with Crippen LogP contribution in [-0.4, -0.2) is 48.2 Å². The van der Waals surface area contributed by atoms with Crippen molar-refractivity contribution in [1.82, 2.24) is 4.90 Å². The number of piperidine rings is 1. The lowest BCUT2D eigenvalue weighted by Crippen LogP contribution is -2.40. The molecule has 1 aromatic rings. The van der Waals surface area contributed by atoms with Crippen LogP contribution in [0.25, 0.3) is 6.08 Å². The minimum Gasteiger partial charge on any atom is -0.462 e. The topological polar surface area (TPSA) is 72.7 Å². The SMILES string of the molecule is O=C(C=Cc1cccc([N+](=O)[O-])c1)OCC1CCN(CC(F)(F)F)CC1.